The van der Waals surface area contributed by atoms with E-state index in [9.17, 15) is 0 Å². The maximum atomic E-state index is 5.13. The summed E-state index contributed by atoms with van der Waals surface area (Å²) >= 11 is 0. The summed E-state index contributed by atoms with van der Waals surface area (Å²) in [5, 5.41) is 4.94. The molecule has 2 heterocycles. The summed E-state index contributed by atoms with van der Waals surface area (Å²) < 4.78 is 0. The van der Waals surface area contributed by atoms with Gasteiger partial charge in [0.25, 0.3) is 0 Å². The highest BCUT2D eigenvalue weighted by molar-refractivity contribution is 6.05. The molecule has 3 heteroatoms. The van der Waals surface area contributed by atoms with Gasteiger partial charge >= 0.3 is 0 Å². The third-order valence-electron chi connectivity index (χ3n) is 9.77. The molecule has 222 valence electrons. The summed E-state index contributed by atoms with van der Waals surface area (Å²) in [6.07, 6.45) is 3.65. The second kappa shape index (κ2) is 10.6. The van der Waals surface area contributed by atoms with Crippen molar-refractivity contribution < 1.29 is 0 Å². The van der Waals surface area contributed by atoms with Crippen molar-refractivity contribution in [2.75, 3.05) is 0 Å². The fourth-order valence-corrected chi connectivity index (χ4v) is 7.50. The second-order valence-corrected chi connectivity index (χ2v) is 12.9. The number of aromatic nitrogens is 3. The minimum absolute atomic E-state index is 0.119. The van der Waals surface area contributed by atoms with Crippen LogP contribution in [0, 0.1) is 0 Å². The van der Waals surface area contributed by atoms with Crippen molar-refractivity contribution in [3.8, 4) is 56.2 Å². The molecule has 6 aromatic carbocycles. The van der Waals surface area contributed by atoms with Crippen LogP contribution >= 0.6 is 0 Å². The van der Waals surface area contributed by atoms with Gasteiger partial charge in [-0.1, -0.05) is 123 Å². The van der Waals surface area contributed by atoms with Crippen LogP contribution < -0.4 is 0 Å². The Kier molecular flexibility index (Phi) is 6.16. The maximum absolute atomic E-state index is 5.13. The standard InChI is InChI=1S/C44H31N3/c1-44(2)39-25-30(19-20-36(39)37-21-18-28-11-6-7-15-33(28)42(37)44)32-22-23-38(35-17-9-8-16-34(32)35)43-46-40(29-12-4-3-5-13-29)26-41(47-43)31-14-10-24-45-27-31/h3-27H,1-2H3. The molecule has 0 bridgehead atoms. The predicted molar refractivity (Wildman–Crippen MR) is 194 cm³/mol. The minimum atomic E-state index is -0.119. The van der Waals surface area contributed by atoms with Gasteiger partial charge in [-0.15, -0.1) is 0 Å². The van der Waals surface area contributed by atoms with Gasteiger partial charge in [0.1, 0.15) is 0 Å². The van der Waals surface area contributed by atoms with E-state index in [0.717, 1.165) is 33.5 Å². The number of benzene rings is 6. The van der Waals surface area contributed by atoms with E-state index in [0.29, 0.717) is 5.82 Å². The first-order valence-corrected chi connectivity index (χ1v) is 16.1. The lowest BCUT2D eigenvalue weighted by atomic mass is 9.79. The van der Waals surface area contributed by atoms with E-state index < -0.39 is 0 Å². The summed E-state index contributed by atoms with van der Waals surface area (Å²) in [5.41, 5.74) is 12.5. The van der Waals surface area contributed by atoms with E-state index in [2.05, 4.69) is 128 Å². The van der Waals surface area contributed by atoms with E-state index in [1.54, 1.807) is 6.20 Å². The molecule has 9 rings (SSSR count). The SMILES string of the molecule is CC1(C)c2cc(-c3ccc(-c4nc(-c5ccccc5)cc(-c5cccnc5)n4)c4ccccc34)ccc2-c2ccc3ccccc3c21. The highest BCUT2D eigenvalue weighted by Crippen LogP contribution is 2.52. The molecular weight excluding hydrogens is 571 g/mol. The second-order valence-electron chi connectivity index (χ2n) is 12.9. The molecule has 0 radical (unpaired) electrons. The minimum Gasteiger partial charge on any atom is -0.264 e. The van der Waals surface area contributed by atoms with Gasteiger partial charge in [-0.25, -0.2) is 9.97 Å². The Morgan fingerprint density at radius 2 is 1.11 bits per heavy atom. The Hall–Kier alpha value is -5.93. The average molecular weight is 602 g/mol. The van der Waals surface area contributed by atoms with Crippen LogP contribution in [-0.4, -0.2) is 15.0 Å². The first-order valence-electron chi connectivity index (χ1n) is 16.1. The van der Waals surface area contributed by atoms with Gasteiger partial charge in [-0.05, 0) is 85.3 Å². The van der Waals surface area contributed by atoms with Crippen LogP contribution in [0.25, 0.3) is 77.7 Å². The lowest BCUT2D eigenvalue weighted by Gasteiger charge is -2.24. The molecule has 47 heavy (non-hydrogen) atoms. The maximum Gasteiger partial charge on any atom is 0.161 e. The number of hydrogen-bond donors (Lipinski definition) is 0. The monoisotopic (exact) mass is 601 g/mol. The molecule has 3 nitrogen and oxygen atoms in total. The first-order chi connectivity index (χ1) is 23.1. The van der Waals surface area contributed by atoms with Gasteiger partial charge in [0.15, 0.2) is 5.82 Å². The Bertz CT molecular complexity index is 2420. The lowest BCUT2D eigenvalue weighted by Crippen LogP contribution is -2.15. The third-order valence-corrected chi connectivity index (χ3v) is 9.77. The molecule has 0 atom stereocenters. The van der Waals surface area contributed by atoms with Crippen molar-refractivity contribution in [3.05, 3.63) is 163 Å². The summed E-state index contributed by atoms with van der Waals surface area (Å²) in [6.45, 7) is 4.73. The Labute approximate surface area is 274 Å². The van der Waals surface area contributed by atoms with Gasteiger partial charge in [0.05, 0.1) is 11.4 Å². The third kappa shape index (κ3) is 4.39. The zero-order valence-corrected chi connectivity index (χ0v) is 26.3. The lowest BCUT2D eigenvalue weighted by molar-refractivity contribution is 0.666. The Balaban J connectivity index is 1.21. The van der Waals surface area contributed by atoms with Crippen molar-refractivity contribution in [1.82, 2.24) is 15.0 Å². The van der Waals surface area contributed by atoms with E-state index in [1.165, 1.54) is 49.5 Å². The van der Waals surface area contributed by atoms with Crippen molar-refractivity contribution in [2.45, 2.75) is 19.3 Å². The predicted octanol–water partition coefficient (Wildman–Crippen LogP) is 11.2. The van der Waals surface area contributed by atoms with E-state index in [4.69, 9.17) is 9.97 Å². The highest BCUT2D eigenvalue weighted by atomic mass is 14.9. The van der Waals surface area contributed by atoms with E-state index >= 15 is 0 Å². The molecule has 8 aromatic rings. The summed E-state index contributed by atoms with van der Waals surface area (Å²) in [5.74, 6) is 0.699. The Morgan fingerprint density at radius 1 is 0.468 bits per heavy atom. The molecule has 1 aliphatic carbocycles. The van der Waals surface area contributed by atoms with Crippen LogP contribution in [0.5, 0.6) is 0 Å². The molecular formula is C44H31N3. The fraction of sp³-hybridized carbons (Fsp3) is 0.0682. The zero-order valence-electron chi connectivity index (χ0n) is 26.3. The molecule has 2 aromatic heterocycles. The zero-order chi connectivity index (χ0) is 31.5. The molecule has 0 saturated carbocycles. The molecule has 0 aliphatic heterocycles. The molecule has 0 unspecified atom stereocenters. The quantitative estimate of drug-likeness (QED) is 0.201. The van der Waals surface area contributed by atoms with Crippen LogP contribution in [0.3, 0.4) is 0 Å². The van der Waals surface area contributed by atoms with Crippen LogP contribution in [0.4, 0.5) is 0 Å². The van der Waals surface area contributed by atoms with Crippen LogP contribution in [-0.2, 0) is 5.41 Å². The fourth-order valence-electron chi connectivity index (χ4n) is 7.50. The summed E-state index contributed by atoms with van der Waals surface area (Å²) in [7, 11) is 0. The molecule has 0 saturated heterocycles. The number of rotatable bonds is 4. The van der Waals surface area contributed by atoms with Crippen molar-refractivity contribution >= 4 is 21.5 Å². The van der Waals surface area contributed by atoms with Gasteiger partial charge in [0, 0.05) is 34.5 Å². The number of pyridine rings is 1. The van der Waals surface area contributed by atoms with E-state index in [1.807, 2.05) is 36.5 Å². The average Bonchev–Trinajstić information content (AvgIpc) is 3.37. The summed E-state index contributed by atoms with van der Waals surface area (Å²) in [4.78, 5) is 14.6. The van der Waals surface area contributed by atoms with Crippen molar-refractivity contribution in [1.29, 1.82) is 0 Å². The van der Waals surface area contributed by atoms with Gasteiger partial charge < -0.3 is 0 Å². The smallest absolute Gasteiger partial charge is 0.161 e. The normalized spacial score (nSPS) is 13.1. The van der Waals surface area contributed by atoms with Gasteiger partial charge in [-0.3, -0.25) is 4.98 Å². The van der Waals surface area contributed by atoms with Crippen LogP contribution in [0.15, 0.2) is 152 Å². The van der Waals surface area contributed by atoms with Crippen molar-refractivity contribution in [2.24, 2.45) is 0 Å². The van der Waals surface area contributed by atoms with Gasteiger partial charge in [-0.2, -0.15) is 0 Å². The number of fused-ring (bicyclic) bond motifs is 6. The molecule has 0 spiro atoms. The number of hydrogen-bond acceptors (Lipinski definition) is 3. The van der Waals surface area contributed by atoms with Crippen LogP contribution in [0.1, 0.15) is 25.0 Å². The topological polar surface area (TPSA) is 38.7 Å². The molecule has 0 N–H and O–H groups in total. The van der Waals surface area contributed by atoms with Gasteiger partial charge in [0.2, 0.25) is 0 Å². The first kappa shape index (κ1) is 27.4. The van der Waals surface area contributed by atoms with Crippen LogP contribution in [0.2, 0.25) is 0 Å². The molecule has 1 aliphatic rings. The van der Waals surface area contributed by atoms with Crippen molar-refractivity contribution in [3.63, 3.8) is 0 Å². The molecule has 0 amide bonds. The highest BCUT2D eigenvalue weighted by Gasteiger charge is 2.37. The summed E-state index contributed by atoms with van der Waals surface area (Å²) in [6, 6.07) is 49.8. The number of nitrogens with zero attached hydrogens (tertiary/aromatic N) is 3. The molecule has 0 fully saturated rings. The largest absolute Gasteiger partial charge is 0.264 e. The Morgan fingerprint density at radius 3 is 1.89 bits per heavy atom. The van der Waals surface area contributed by atoms with E-state index in [-0.39, 0.29) is 5.41 Å².